The van der Waals surface area contributed by atoms with E-state index in [2.05, 4.69) is 21.2 Å². The van der Waals surface area contributed by atoms with Gasteiger partial charge in [-0.1, -0.05) is 11.6 Å². The summed E-state index contributed by atoms with van der Waals surface area (Å²) in [4.78, 5) is 11.9. The van der Waals surface area contributed by atoms with Crippen LogP contribution in [0.5, 0.6) is 5.75 Å². The van der Waals surface area contributed by atoms with Crippen LogP contribution in [0.15, 0.2) is 46.9 Å². The van der Waals surface area contributed by atoms with E-state index < -0.39 is 0 Å². The molecule has 0 aliphatic heterocycles. The third kappa shape index (κ3) is 4.65. The summed E-state index contributed by atoms with van der Waals surface area (Å²) in [5.41, 5.74) is 6.77. The quantitative estimate of drug-likeness (QED) is 0.626. The van der Waals surface area contributed by atoms with Gasteiger partial charge in [-0.15, -0.1) is 0 Å². The highest BCUT2D eigenvalue weighted by Crippen LogP contribution is 2.23. The molecule has 2 rings (SSSR count). The number of nitrogen functional groups attached to an aromatic ring is 1. The summed E-state index contributed by atoms with van der Waals surface area (Å²) in [6.07, 6.45) is 0. The summed E-state index contributed by atoms with van der Waals surface area (Å²) in [5, 5.41) is 3.27. The summed E-state index contributed by atoms with van der Waals surface area (Å²) in [5.74, 6) is 0.524. The molecule has 0 aliphatic rings. The first-order chi connectivity index (χ1) is 10.1. The number of hydrogen-bond donors (Lipinski definition) is 2. The molecule has 0 saturated carbocycles. The minimum absolute atomic E-state index is 0.190. The number of carbonyl (C=O) groups is 1. The van der Waals surface area contributed by atoms with E-state index in [0.717, 1.165) is 4.47 Å². The number of carbonyl (C=O) groups excluding carboxylic acids is 1. The second kappa shape index (κ2) is 7.33. The Hall–Kier alpha value is -1.72. The first-order valence-corrected chi connectivity index (χ1v) is 7.45. The molecule has 2 aromatic rings. The Bertz CT molecular complexity index is 632. The standard InChI is InChI=1S/C15H14BrClN2O2/c16-13-6-1-10(9-14(13)17)15(20)19-7-8-21-12-4-2-11(18)3-5-12/h1-6,9H,7-8,18H2,(H,19,20). The van der Waals surface area contributed by atoms with Gasteiger partial charge in [0, 0.05) is 15.7 Å². The molecule has 4 nitrogen and oxygen atoms in total. The van der Waals surface area contributed by atoms with Crippen molar-refractivity contribution in [2.24, 2.45) is 0 Å². The fourth-order valence-corrected chi connectivity index (χ4v) is 2.06. The van der Waals surface area contributed by atoms with Crippen LogP contribution >= 0.6 is 27.5 Å². The molecule has 1 amide bonds. The molecule has 0 spiro atoms. The zero-order valence-corrected chi connectivity index (χ0v) is 13.4. The maximum atomic E-state index is 11.9. The molecule has 0 bridgehead atoms. The third-order valence-corrected chi connectivity index (χ3v) is 3.95. The van der Waals surface area contributed by atoms with E-state index in [4.69, 9.17) is 22.1 Å². The highest BCUT2D eigenvalue weighted by molar-refractivity contribution is 9.10. The van der Waals surface area contributed by atoms with Crippen molar-refractivity contribution < 1.29 is 9.53 Å². The zero-order chi connectivity index (χ0) is 15.2. The number of nitrogens with one attached hydrogen (secondary N) is 1. The summed E-state index contributed by atoms with van der Waals surface area (Å²) in [6.45, 7) is 0.775. The smallest absolute Gasteiger partial charge is 0.251 e. The maximum Gasteiger partial charge on any atom is 0.251 e. The minimum atomic E-state index is -0.190. The molecular weight excluding hydrogens is 356 g/mol. The lowest BCUT2D eigenvalue weighted by Crippen LogP contribution is -2.28. The molecule has 110 valence electrons. The SMILES string of the molecule is Nc1ccc(OCCNC(=O)c2ccc(Br)c(Cl)c2)cc1. The number of nitrogens with two attached hydrogens (primary N) is 1. The van der Waals surface area contributed by atoms with Gasteiger partial charge in [-0.2, -0.15) is 0 Å². The van der Waals surface area contributed by atoms with Gasteiger partial charge in [-0.05, 0) is 58.4 Å². The predicted octanol–water partition coefficient (Wildman–Crippen LogP) is 3.49. The summed E-state index contributed by atoms with van der Waals surface area (Å²) in [7, 11) is 0. The van der Waals surface area contributed by atoms with Crippen LogP contribution in [0.2, 0.25) is 5.02 Å². The Morgan fingerprint density at radius 2 is 1.95 bits per heavy atom. The highest BCUT2D eigenvalue weighted by Gasteiger charge is 2.07. The van der Waals surface area contributed by atoms with Crippen LogP contribution in [-0.4, -0.2) is 19.1 Å². The van der Waals surface area contributed by atoms with Gasteiger partial charge in [-0.3, -0.25) is 4.79 Å². The van der Waals surface area contributed by atoms with Gasteiger partial charge in [0.1, 0.15) is 12.4 Å². The highest BCUT2D eigenvalue weighted by atomic mass is 79.9. The van der Waals surface area contributed by atoms with E-state index in [1.165, 1.54) is 0 Å². The zero-order valence-electron chi connectivity index (χ0n) is 11.1. The van der Waals surface area contributed by atoms with Crippen molar-refractivity contribution in [2.75, 3.05) is 18.9 Å². The second-order valence-corrected chi connectivity index (χ2v) is 5.56. The van der Waals surface area contributed by atoms with Gasteiger partial charge in [0.15, 0.2) is 0 Å². The van der Waals surface area contributed by atoms with Crippen LogP contribution in [-0.2, 0) is 0 Å². The van der Waals surface area contributed by atoms with E-state index in [1.807, 2.05) is 0 Å². The minimum Gasteiger partial charge on any atom is -0.492 e. The van der Waals surface area contributed by atoms with Crippen LogP contribution in [0, 0.1) is 0 Å². The van der Waals surface area contributed by atoms with Gasteiger partial charge in [-0.25, -0.2) is 0 Å². The fraction of sp³-hybridized carbons (Fsp3) is 0.133. The van der Waals surface area contributed by atoms with Crippen molar-refractivity contribution in [3.63, 3.8) is 0 Å². The lowest BCUT2D eigenvalue weighted by atomic mass is 10.2. The average molecular weight is 370 g/mol. The molecule has 0 saturated heterocycles. The molecule has 0 fully saturated rings. The predicted molar refractivity (Wildman–Crippen MR) is 87.8 cm³/mol. The molecule has 0 radical (unpaired) electrons. The lowest BCUT2D eigenvalue weighted by Gasteiger charge is -2.08. The van der Waals surface area contributed by atoms with Crippen molar-refractivity contribution in [1.29, 1.82) is 0 Å². The number of amides is 1. The molecule has 0 unspecified atom stereocenters. The first kappa shape index (κ1) is 15.7. The number of rotatable bonds is 5. The second-order valence-electron chi connectivity index (χ2n) is 4.30. The summed E-state index contributed by atoms with van der Waals surface area (Å²) in [6, 6.07) is 12.1. The van der Waals surface area contributed by atoms with Gasteiger partial charge in [0.2, 0.25) is 0 Å². The summed E-state index contributed by atoms with van der Waals surface area (Å²) >= 11 is 9.23. The molecule has 21 heavy (non-hydrogen) atoms. The largest absolute Gasteiger partial charge is 0.492 e. The maximum absolute atomic E-state index is 11.9. The van der Waals surface area contributed by atoms with E-state index >= 15 is 0 Å². The summed E-state index contributed by atoms with van der Waals surface area (Å²) < 4.78 is 6.24. The van der Waals surface area contributed by atoms with Crippen LogP contribution < -0.4 is 15.8 Å². The average Bonchev–Trinajstić information content (AvgIpc) is 2.48. The number of hydrogen-bond acceptors (Lipinski definition) is 3. The fourth-order valence-electron chi connectivity index (χ4n) is 1.64. The molecule has 0 atom stereocenters. The van der Waals surface area contributed by atoms with E-state index in [1.54, 1.807) is 42.5 Å². The Labute approximate surface area is 136 Å². The van der Waals surface area contributed by atoms with Crippen LogP contribution in [0.25, 0.3) is 0 Å². The lowest BCUT2D eigenvalue weighted by molar-refractivity contribution is 0.0947. The van der Waals surface area contributed by atoms with Crippen molar-refractivity contribution in [3.8, 4) is 5.75 Å². The van der Waals surface area contributed by atoms with Gasteiger partial charge in [0.25, 0.3) is 5.91 Å². The molecule has 6 heteroatoms. The Morgan fingerprint density at radius 3 is 2.62 bits per heavy atom. The molecule has 3 N–H and O–H groups in total. The number of halogens is 2. The molecule has 0 aromatic heterocycles. The van der Waals surface area contributed by atoms with Crippen molar-refractivity contribution in [1.82, 2.24) is 5.32 Å². The topological polar surface area (TPSA) is 64.3 Å². The number of anilines is 1. The van der Waals surface area contributed by atoms with Crippen molar-refractivity contribution in [2.45, 2.75) is 0 Å². The van der Waals surface area contributed by atoms with E-state index in [9.17, 15) is 4.79 Å². The van der Waals surface area contributed by atoms with Crippen LogP contribution in [0.3, 0.4) is 0 Å². The Morgan fingerprint density at radius 1 is 1.24 bits per heavy atom. The van der Waals surface area contributed by atoms with Gasteiger partial charge < -0.3 is 15.8 Å². The third-order valence-electron chi connectivity index (χ3n) is 2.72. The van der Waals surface area contributed by atoms with E-state index in [-0.39, 0.29) is 5.91 Å². The Balaban J connectivity index is 1.79. The number of ether oxygens (including phenoxy) is 1. The molecular formula is C15H14BrClN2O2. The normalized spacial score (nSPS) is 10.2. The molecule has 0 heterocycles. The number of benzene rings is 2. The van der Waals surface area contributed by atoms with E-state index in [0.29, 0.717) is 35.2 Å². The molecule has 0 aliphatic carbocycles. The Kier molecular flexibility index (Phi) is 5.47. The van der Waals surface area contributed by atoms with Gasteiger partial charge >= 0.3 is 0 Å². The van der Waals surface area contributed by atoms with Crippen molar-refractivity contribution >= 4 is 39.1 Å². The van der Waals surface area contributed by atoms with Gasteiger partial charge in [0.05, 0.1) is 11.6 Å². The monoisotopic (exact) mass is 368 g/mol. The van der Waals surface area contributed by atoms with Crippen LogP contribution in [0.1, 0.15) is 10.4 Å². The van der Waals surface area contributed by atoms with Crippen LogP contribution in [0.4, 0.5) is 5.69 Å². The van der Waals surface area contributed by atoms with Crippen molar-refractivity contribution in [3.05, 3.63) is 57.5 Å². The first-order valence-electron chi connectivity index (χ1n) is 6.28. The molecule has 2 aromatic carbocycles.